The second-order valence-electron chi connectivity index (χ2n) is 10.4. The van der Waals surface area contributed by atoms with Gasteiger partial charge >= 0.3 is 0 Å². The zero-order chi connectivity index (χ0) is 25.7. The summed E-state index contributed by atoms with van der Waals surface area (Å²) in [5.41, 5.74) is 1.44. The van der Waals surface area contributed by atoms with Gasteiger partial charge in [0.1, 0.15) is 11.0 Å². The Bertz CT molecular complexity index is 1540. The molecular formula is C29H23BrClN3O3. The summed E-state index contributed by atoms with van der Waals surface area (Å²) in [5, 5.41) is 6.53. The van der Waals surface area contributed by atoms with Crippen molar-refractivity contribution in [2.75, 3.05) is 17.2 Å². The molecule has 0 radical (unpaired) electrons. The Morgan fingerprint density at radius 2 is 1.78 bits per heavy atom. The molecule has 186 valence electrons. The highest BCUT2D eigenvalue weighted by Gasteiger charge is 2.78. The van der Waals surface area contributed by atoms with E-state index in [1.54, 1.807) is 12.1 Å². The van der Waals surface area contributed by atoms with Crippen molar-refractivity contribution in [1.82, 2.24) is 4.90 Å². The third-order valence-electron chi connectivity index (χ3n) is 8.72. The van der Waals surface area contributed by atoms with E-state index in [2.05, 4.69) is 31.5 Å². The highest BCUT2D eigenvalue weighted by atomic mass is 79.9. The number of aryl methyl sites for hydroxylation is 1. The van der Waals surface area contributed by atoms with Gasteiger partial charge in [-0.25, -0.2) is 0 Å². The summed E-state index contributed by atoms with van der Waals surface area (Å²) in [6, 6.07) is 18.2. The molecule has 3 aromatic carbocycles. The van der Waals surface area contributed by atoms with Crippen LogP contribution in [-0.2, 0) is 20.5 Å². The van der Waals surface area contributed by atoms with E-state index in [1.165, 1.54) is 0 Å². The fraction of sp³-hybridized carbons (Fsp3) is 0.276. The molecule has 0 bridgehead atoms. The van der Waals surface area contributed by atoms with E-state index in [-0.39, 0.29) is 23.6 Å². The number of hydrogen-bond acceptors (Lipinski definition) is 4. The summed E-state index contributed by atoms with van der Waals surface area (Å²) in [7, 11) is 0. The number of ketones is 1. The average Bonchev–Trinajstić information content (AvgIpc) is 3.59. The summed E-state index contributed by atoms with van der Waals surface area (Å²) >= 11 is 10.1. The van der Waals surface area contributed by atoms with Gasteiger partial charge in [-0.3, -0.25) is 19.3 Å². The molecule has 3 aromatic rings. The number of benzene rings is 3. The van der Waals surface area contributed by atoms with Gasteiger partial charge in [-0.2, -0.15) is 0 Å². The molecule has 4 heterocycles. The van der Waals surface area contributed by atoms with Gasteiger partial charge in [-0.15, -0.1) is 0 Å². The lowest BCUT2D eigenvalue weighted by Crippen LogP contribution is -2.55. The van der Waals surface area contributed by atoms with E-state index in [9.17, 15) is 14.4 Å². The molecule has 8 heteroatoms. The lowest BCUT2D eigenvalue weighted by Gasteiger charge is -2.38. The highest BCUT2D eigenvalue weighted by molar-refractivity contribution is 9.10. The second kappa shape index (κ2) is 7.76. The molecule has 2 saturated heterocycles. The summed E-state index contributed by atoms with van der Waals surface area (Å²) in [6.45, 7) is 2.53. The Hall–Kier alpha value is -3.00. The van der Waals surface area contributed by atoms with Gasteiger partial charge in [0.05, 0.1) is 16.6 Å². The Labute approximate surface area is 227 Å². The monoisotopic (exact) mass is 575 g/mol. The molecule has 4 atom stereocenters. The number of carbonyl (C=O) groups is 3. The Morgan fingerprint density at radius 1 is 1.03 bits per heavy atom. The molecule has 0 aliphatic carbocycles. The van der Waals surface area contributed by atoms with Gasteiger partial charge in [-0.1, -0.05) is 63.9 Å². The number of hydrogen-bond donors (Lipinski definition) is 2. The number of Topliss-reactive ketones (excluding diaryl/α,β-unsaturated/α-hetero) is 1. The van der Waals surface area contributed by atoms with E-state index >= 15 is 0 Å². The number of anilines is 2. The number of rotatable bonds is 2. The Balaban J connectivity index is 1.60. The topological polar surface area (TPSA) is 78.5 Å². The van der Waals surface area contributed by atoms with Crippen LogP contribution in [0.4, 0.5) is 11.4 Å². The molecule has 2 spiro atoms. The fourth-order valence-electron chi connectivity index (χ4n) is 7.52. The first-order chi connectivity index (χ1) is 17.8. The lowest BCUT2D eigenvalue weighted by atomic mass is 9.60. The number of nitrogens with one attached hydrogen (secondary N) is 2. The van der Waals surface area contributed by atoms with Crippen LogP contribution in [0.25, 0.3) is 0 Å². The van der Waals surface area contributed by atoms with Crippen molar-refractivity contribution in [2.24, 2.45) is 5.92 Å². The molecule has 2 amide bonds. The van der Waals surface area contributed by atoms with E-state index in [0.29, 0.717) is 40.5 Å². The minimum atomic E-state index is -1.37. The van der Waals surface area contributed by atoms with Gasteiger partial charge in [-0.05, 0) is 61.7 Å². The zero-order valence-corrected chi connectivity index (χ0v) is 22.3. The summed E-state index contributed by atoms with van der Waals surface area (Å²) < 4.78 is 0.843. The first-order valence-electron chi connectivity index (χ1n) is 12.4. The van der Waals surface area contributed by atoms with Gasteiger partial charge < -0.3 is 10.6 Å². The quantitative estimate of drug-likeness (QED) is 0.399. The minimum Gasteiger partial charge on any atom is -0.325 e. The molecule has 6 nitrogen and oxygen atoms in total. The van der Waals surface area contributed by atoms with Crippen LogP contribution in [0.2, 0.25) is 5.02 Å². The normalized spacial score (nSPS) is 29.4. The number of amides is 2. The van der Waals surface area contributed by atoms with Crippen molar-refractivity contribution in [2.45, 2.75) is 36.8 Å². The third kappa shape index (κ3) is 2.72. The van der Waals surface area contributed by atoms with Crippen LogP contribution >= 0.6 is 27.5 Å². The van der Waals surface area contributed by atoms with Crippen LogP contribution in [-0.4, -0.2) is 35.1 Å². The first-order valence-corrected chi connectivity index (χ1v) is 13.6. The first kappa shape index (κ1) is 23.1. The van der Waals surface area contributed by atoms with E-state index in [4.69, 9.17) is 11.6 Å². The van der Waals surface area contributed by atoms with Gasteiger partial charge in [0.25, 0.3) is 0 Å². The number of halogens is 2. The SMILES string of the molecule is Cc1cc(Cl)c2c(c1)[C@]1(C(=O)N2)[C@H](C(=O)c2ccc(Br)cc2)[C@@]2(C(=O)Nc3ccccc32)[C@H]2CCCN21. The summed E-state index contributed by atoms with van der Waals surface area (Å²) in [5.74, 6) is -1.74. The van der Waals surface area contributed by atoms with Crippen LogP contribution < -0.4 is 10.6 Å². The molecule has 37 heavy (non-hydrogen) atoms. The standard InChI is InChI=1S/C29H23BrClN3O3/c1-15-13-19-23(20(31)14-15)33-27(37)29(19)25(24(35)16-8-10-17(30)11-9-16)28(22-7-4-12-34(22)29)18-5-2-3-6-21(18)32-26(28)36/h2-3,5-6,8-11,13-14,22,25H,4,7,12H2,1H3,(H,32,36)(H,33,37)/t22-,25-,28+,29-/m1/s1. The van der Waals surface area contributed by atoms with Crippen LogP contribution in [0.15, 0.2) is 65.1 Å². The van der Waals surface area contributed by atoms with Gasteiger partial charge in [0.15, 0.2) is 5.78 Å². The molecule has 4 aliphatic rings. The second-order valence-corrected chi connectivity index (χ2v) is 11.7. The maximum atomic E-state index is 14.8. The van der Waals surface area contributed by atoms with E-state index < -0.39 is 16.9 Å². The maximum absolute atomic E-state index is 14.8. The van der Waals surface area contributed by atoms with Gasteiger partial charge in [0, 0.05) is 27.3 Å². The molecule has 2 fully saturated rings. The van der Waals surface area contributed by atoms with E-state index in [0.717, 1.165) is 22.0 Å². The van der Waals surface area contributed by atoms with Crippen molar-refractivity contribution in [1.29, 1.82) is 0 Å². The molecule has 0 unspecified atom stereocenters. The average molecular weight is 577 g/mol. The number of fused-ring (bicyclic) bond motifs is 7. The van der Waals surface area contributed by atoms with Crippen molar-refractivity contribution >= 4 is 56.5 Å². The molecule has 4 aliphatic heterocycles. The summed E-state index contributed by atoms with van der Waals surface area (Å²) in [4.78, 5) is 45.4. The van der Waals surface area contributed by atoms with Crippen molar-refractivity contribution in [3.05, 3.63) is 92.4 Å². The zero-order valence-electron chi connectivity index (χ0n) is 20.0. The van der Waals surface area contributed by atoms with Gasteiger partial charge in [0.2, 0.25) is 11.8 Å². The molecular weight excluding hydrogens is 554 g/mol. The van der Waals surface area contributed by atoms with Crippen molar-refractivity contribution in [3.8, 4) is 0 Å². The summed E-state index contributed by atoms with van der Waals surface area (Å²) in [6.07, 6.45) is 1.53. The highest BCUT2D eigenvalue weighted by Crippen LogP contribution is 2.66. The largest absolute Gasteiger partial charge is 0.325 e. The lowest BCUT2D eigenvalue weighted by molar-refractivity contribution is -0.128. The van der Waals surface area contributed by atoms with Crippen LogP contribution in [0.3, 0.4) is 0 Å². The molecule has 0 aromatic heterocycles. The Morgan fingerprint density at radius 3 is 2.57 bits per heavy atom. The van der Waals surface area contributed by atoms with Crippen LogP contribution in [0, 0.1) is 12.8 Å². The molecule has 0 saturated carbocycles. The predicted molar refractivity (Wildman–Crippen MR) is 145 cm³/mol. The Kier molecular flexibility index (Phi) is 4.85. The predicted octanol–water partition coefficient (Wildman–Crippen LogP) is 5.43. The molecule has 7 rings (SSSR count). The van der Waals surface area contributed by atoms with Crippen LogP contribution in [0.1, 0.15) is 39.9 Å². The number of carbonyl (C=O) groups excluding carboxylic acids is 3. The number of para-hydroxylation sites is 1. The van der Waals surface area contributed by atoms with Crippen molar-refractivity contribution < 1.29 is 14.4 Å². The fourth-order valence-corrected chi connectivity index (χ4v) is 8.10. The smallest absolute Gasteiger partial charge is 0.250 e. The van der Waals surface area contributed by atoms with Crippen molar-refractivity contribution in [3.63, 3.8) is 0 Å². The van der Waals surface area contributed by atoms with Crippen LogP contribution in [0.5, 0.6) is 0 Å². The third-order valence-corrected chi connectivity index (χ3v) is 9.55. The minimum absolute atomic E-state index is 0.224. The van der Waals surface area contributed by atoms with E-state index in [1.807, 2.05) is 55.5 Å². The molecule has 2 N–H and O–H groups in total. The number of nitrogens with zero attached hydrogens (tertiary/aromatic N) is 1. The maximum Gasteiger partial charge on any atom is 0.250 e.